The first-order chi connectivity index (χ1) is 9.79. The van der Waals surface area contributed by atoms with Gasteiger partial charge in [-0.2, -0.15) is 0 Å². The average molecular weight is 333 g/mol. The van der Waals surface area contributed by atoms with E-state index in [2.05, 4.69) is 10.2 Å². The standard InChI is InChI=1S/C16H25ClN2O.ClH/c1-2-20-16-7-6-15(17)12-14(16)13-18-8-11-19-9-4-3-5-10-19;/h6-7,12,18H,2-5,8-11,13H2,1H3;1H. The first-order valence-electron chi connectivity index (χ1n) is 7.64. The molecule has 0 spiro atoms. The van der Waals surface area contributed by atoms with Gasteiger partial charge in [0.05, 0.1) is 6.61 Å². The third kappa shape index (κ3) is 6.43. The number of hydrogen-bond acceptors (Lipinski definition) is 3. The Balaban J connectivity index is 0.00000220. The SMILES string of the molecule is CCOc1ccc(Cl)cc1CNCCN1CCCCC1.Cl. The Morgan fingerprint density at radius 3 is 2.71 bits per heavy atom. The molecule has 1 aliphatic heterocycles. The summed E-state index contributed by atoms with van der Waals surface area (Å²) in [6.07, 6.45) is 4.09. The summed E-state index contributed by atoms with van der Waals surface area (Å²) in [6, 6.07) is 5.82. The maximum Gasteiger partial charge on any atom is 0.123 e. The number of ether oxygens (including phenoxy) is 1. The van der Waals surface area contributed by atoms with Gasteiger partial charge in [0.1, 0.15) is 5.75 Å². The van der Waals surface area contributed by atoms with Crippen LogP contribution in [0, 0.1) is 0 Å². The van der Waals surface area contributed by atoms with Crippen molar-refractivity contribution in [1.82, 2.24) is 10.2 Å². The largest absolute Gasteiger partial charge is 0.494 e. The molecule has 0 unspecified atom stereocenters. The van der Waals surface area contributed by atoms with Crippen molar-refractivity contribution in [3.8, 4) is 5.75 Å². The van der Waals surface area contributed by atoms with E-state index in [-0.39, 0.29) is 12.4 Å². The Labute approximate surface area is 139 Å². The van der Waals surface area contributed by atoms with Crippen LogP contribution in [0.5, 0.6) is 5.75 Å². The van der Waals surface area contributed by atoms with Gasteiger partial charge >= 0.3 is 0 Å². The first kappa shape index (κ1) is 18.6. The molecular weight excluding hydrogens is 307 g/mol. The minimum absolute atomic E-state index is 0. The smallest absolute Gasteiger partial charge is 0.123 e. The lowest BCUT2D eigenvalue weighted by Crippen LogP contribution is -2.35. The summed E-state index contributed by atoms with van der Waals surface area (Å²) in [4.78, 5) is 2.54. The van der Waals surface area contributed by atoms with E-state index in [9.17, 15) is 0 Å². The fourth-order valence-corrected chi connectivity index (χ4v) is 2.82. The lowest BCUT2D eigenvalue weighted by Gasteiger charge is -2.26. The van der Waals surface area contributed by atoms with Gasteiger partial charge in [0, 0.05) is 30.2 Å². The van der Waals surface area contributed by atoms with Gasteiger partial charge in [-0.3, -0.25) is 0 Å². The highest BCUT2D eigenvalue weighted by Gasteiger charge is 2.09. The molecule has 120 valence electrons. The molecule has 5 heteroatoms. The number of nitrogens with zero attached hydrogens (tertiary/aromatic N) is 1. The highest BCUT2D eigenvalue weighted by molar-refractivity contribution is 6.30. The summed E-state index contributed by atoms with van der Waals surface area (Å²) in [5, 5.41) is 4.26. The second kappa shape index (κ2) is 10.3. The minimum atomic E-state index is 0. The zero-order valence-corrected chi connectivity index (χ0v) is 14.3. The second-order valence-corrected chi connectivity index (χ2v) is 5.70. The summed E-state index contributed by atoms with van der Waals surface area (Å²) in [5.74, 6) is 0.933. The lowest BCUT2D eigenvalue weighted by atomic mass is 10.1. The molecule has 1 fully saturated rings. The van der Waals surface area contributed by atoms with Gasteiger partial charge in [0.25, 0.3) is 0 Å². The molecule has 1 saturated heterocycles. The summed E-state index contributed by atoms with van der Waals surface area (Å²) < 4.78 is 5.63. The zero-order chi connectivity index (χ0) is 14.2. The van der Waals surface area contributed by atoms with Crippen molar-refractivity contribution in [2.75, 3.05) is 32.8 Å². The molecule has 0 aliphatic carbocycles. The van der Waals surface area contributed by atoms with Crippen LogP contribution in [0.1, 0.15) is 31.7 Å². The van der Waals surface area contributed by atoms with Gasteiger partial charge in [-0.05, 0) is 51.1 Å². The molecule has 2 rings (SSSR count). The number of hydrogen-bond donors (Lipinski definition) is 1. The van der Waals surface area contributed by atoms with Crippen LogP contribution in [-0.2, 0) is 6.54 Å². The lowest BCUT2D eigenvalue weighted by molar-refractivity contribution is 0.229. The third-order valence-corrected chi connectivity index (χ3v) is 3.93. The molecule has 1 N–H and O–H groups in total. The van der Waals surface area contributed by atoms with Crippen LogP contribution >= 0.6 is 24.0 Å². The Kier molecular flexibility index (Phi) is 9.09. The van der Waals surface area contributed by atoms with Crippen LogP contribution in [0.4, 0.5) is 0 Å². The van der Waals surface area contributed by atoms with Crippen molar-refractivity contribution in [3.05, 3.63) is 28.8 Å². The third-order valence-electron chi connectivity index (χ3n) is 3.69. The molecule has 0 bridgehead atoms. The van der Waals surface area contributed by atoms with Gasteiger partial charge in [0.2, 0.25) is 0 Å². The average Bonchev–Trinajstić information content (AvgIpc) is 2.47. The van der Waals surface area contributed by atoms with Crippen LogP contribution in [0.3, 0.4) is 0 Å². The maximum atomic E-state index is 6.06. The van der Waals surface area contributed by atoms with Gasteiger partial charge in [-0.25, -0.2) is 0 Å². The van der Waals surface area contributed by atoms with Crippen LogP contribution in [-0.4, -0.2) is 37.7 Å². The molecular formula is C16H26Cl2N2O. The molecule has 0 atom stereocenters. The van der Waals surface area contributed by atoms with E-state index in [1.54, 1.807) is 0 Å². The molecule has 1 aromatic rings. The first-order valence-corrected chi connectivity index (χ1v) is 8.01. The van der Waals surface area contributed by atoms with E-state index in [4.69, 9.17) is 16.3 Å². The maximum absolute atomic E-state index is 6.06. The van der Waals surface area contributed by atoms with Crippen molar-refractivity contribution in [2.45, 2.75) is 32.7 Å². The van der Waals surface area contributed by atoms with Crippen LogP contribution in [0.25, 0.3) is 0 Å². The summed E-state index contributed by atoms with van der Waals surface area (Å²) in [7, 11) is 0. The van der Waals surface area contributed by atoms with Gasteiger partial charge in [-0.15, -0.1) is 12.4 Å². The molecule has 0 aromatic heterocycles. The monoisotopic (exact) mass is 332 g/mol. The fraction of sp³-hybridized carbons (Fsp3) is 0.625. The van der Waals surface area contributed by atoms with Crippen LogP contribution < -0.4 is 10.1 Å². The van der Waals surface area contributed by atoms with Crippen LogP contribution in [0.15, 0.2) is 18.2 Å². The number of nitrogens with one attached hydrogen (secondary N) is 1. The molecule has 3 nitrogen and oxygen atoms in total. The Hall–Kier alpha value is -0.480. The van der Waals surface area contributed by atoms with Crippen molar-refractivity contribution in [1.29, 1.82) is 0 Å². The number of likely N-dealkylation sites (tertiary alicyclic amines) is 1. The molecule has 0 saturated carbocycles. The minimum Gasteiger partial charge on any atom is -0.494 e. The fourth-order valence-electron chi connectivity index (χ4n) is 2.63. The Bertz CT molecular complexity index is 409. The van der Waals surface area contributed by atoms with Crippen molar-refractivity contribution in [2.24, 2.45) is 0 Å². The van der Waals surface area contributed by atoms with Crippen molar-refractivity contribution >= 4 is 24.0 Å². The highest BCUT2D eigenvalue weighted by Crippen LogP contribution is 2.22. The van der Waals surface area contributed by atoms with Gasteiger partial charge < -0.3 is 15.0 Å². The van der Waals surface area contributed by atoms with E-state index in [0.29, 0.717) is 6.61 Å². The molecule has 1 aromatic carbocycles. The van der Waals surface area contributed by atoms with Crippen LogP contribution in [0.2, 0.25) is 5.02 Å². The Morgan fingerprint density at radius 1 is 1.24 bits per heavy atom. The topological polar surface area (TPSA) is 24.5 Å². The number of rotatable bonds is 7. The second-order valence-electron chi connectivity index (χ2n) is 5.26. The predicted octanol–water partition coefficient (Wildman–Crippen LogP) is 3.74. The molecule has 21 heavy (non-hydrogen) atoms. The van der Waals surface area contributed by atoms with E-state index in [1.165, 1.54) is 32.4 Å². The van der Waals surface area contributed by atoms with E-state index in [1.807, 2.05) is 25.1 Å². The molecule has 1 aliphatic rings. The van der Waals surface area contributed by atoms with E-state index < -0.39 is 0 Å². The summed E-state index contributed by atoms with van der Waals surface area (Å²) in [6.45, 7) is 8.14. The number of piperidine rings is 1. The van der Waals surface area contributed by atoms with Gasteiger partial charge in [-0.1, -0.05) is 18.0 Å². The van der Waals surface area contributed by atoms with Crippen molar-refractivity contribution in [3.63, 3.8) is 0 Å². The molecule has 0 amide bonds. The normalized spacial score (nSPS) is 15.5. The zero-order valence-electron chi connectivity index (χ0n) is 12.7. The Morgan fingerprint density at radius 2 is 2.00 bits per heavy atom. The molecule has 0 radical (unpaired) electrons. The summed E-state index contributed by atoms with van der Waals surface area (Å²) >= 11 is 6.06. The van der Waals surface area contributed by atoms with Gasteiger partial charge in [0.15, 0.2) is 0 Å². The van der Waals surface area contributed by atoms with Crippen molar-refractivity contribution < 1.29 is 4.74 Å². The number of halogens is 2. The molecule has 1 heterocycles. The van der Waals surface area contributed by atoms with E-state index in [0.717, 1.165) is 36.0 Å². The van der Waals surface area contributed by atoms with E-state index >= 15 is 0 Å². The highest BCUT2D eigenvalue weighted by atomic mass is 35.5. The quantitative estimate of drug-likeness (QED) is 0.770. The number of benzene rings is 1. The predicted molar refractivity (Wildman–Crippen MR) is 91.9 cm³/mol. The summed E-state index contributed by atoms with van der Waals surface area (Å²) in [5.41, 5.74) is 1.14.